The van der Waals surface area contributed by atoms with Gasteiger partial charge in [-0.3, -0.25) is 16.1 Å². The van der Waals surface area contributed by atoms with Crippen LogP contribution in [-0.2, 0) is 9.47 Å². The molecule has 4 saturated heterocycles. The molecule has 0 spiro atoms. The summed E-state index contributed by atoms with van der Waals surface area (Å²) < 4.78 is 12.5. The highest BCUT2D eigenvalue weighted by molar-refractivity contribution is 6.21. The molecule has 26 heavy (non-hydrogen) atoms. The van der Waals surface area contributed by atoms with Crippen molar-refractivity contribution in [2.24, 2.45) is 5.92 Å². The van der Waals surface area contributed by atoms with Crippen molar-refractivity contribution in [1.82, 2.24) is 31.7 Å². The lowest BCUT2D eigenvalue weighted by molar-refractivity contribution is -0.0932. The molecule has 0 saturated carbocycles. The zero-order chi connectivity index (χ0) is 18.1. The highest BCUT2D eigenvalue weighted by Crippen LogP contribution is 2.24. The molecule has 8 atom stereocenters. The number of hydrogen-bond donors (Lipinski definition) is 5. The maximum atomic E-state index is 6.51. The van der Waals surface area contributed by atoms with Crippen LogP contribution in [0.2, 0.25) is 0 Å². The summed E-state index contributed by atoms with van der Waals surface area (Å²) in [5, 5.41) is 16.7. The van der Waals surface area contributed by atoms with Crippen LogP contribution in [0.25, 0.3) is 0 Å². The number of hydrazine groups is 1. The lowest BCUT2D eigenvalue weighted by Gasteiger charge is -2.42. The predicted octanol–water partition coefficient (Wildman–Crippen LogP) is -0.676. The van der Waals surface area contributed by atoms with E-state index >= 15 is 0 Å². The molecule has 7 unspecified atom stereocenters. The lowest BCUT2D eigenvalue weighted by atomic mass is 10.0. The van der Waals surface area contributed by atoms with Crippen LogP contribution in [0, 0.1) is 5.92 Å². The van der Waals surface area contributed by atoms with Gasteiger partial charge >= 0.3 is 0 Å². The second-order valence-electron chi connectivity index (χ2n) is 7.99. The minimum absolute atomic E-state index is 0.00704. The van der Waals surface area contributed by atoms with Crippen molar-refractivity contribution in [3.8, 4) is 0 Å². The summed E-state index contributed by atoms with van der Waals surface area (Å²) in [5.41, 5.74) is 3.42. The molecule has 4 heterocycles. The van der Waals surface area contributed by atoms with Gasteiger partial charge in [-0.15, -0.1) is 11.6 Å². The third-order valence-electron chi connectivity index (χ3n) is 5.98. The molecular formula is C17H33ClN6O2. The minimum atomic E-state index is 0.00704. The van der Waals surface area contributed by atoms with Crippen molar-refractivity contribution in [2.45, 2.75) is 68.5 Å². The molecule has 4 aliphatic rings. The number of nitrogens with zero attached hydrogens (tertiary/aromatic N) is 1. The Labute approximate surface area is 161 Å². The Kier molecular flexibility index (Phi) is 6.34. The second-order valence-corrected chi connectivity index (χ2v) is 8.55. The van der Waals surface area contributed by atoms with Gasteiger partial charge in [0.05, 0.1) is 42.7 Å². The van der Waals surface area contributed by atoms with E-state index in [4.69, 9.17) is 21.1 Å². The van der Waals surface area contributed by atoms with Gasteiger partial charge in [0.1, 0.15) is 6.23 Å². The number of ether oxygens (including phenoxy) is 2. The molecule has 0 amide bonds. The van der Waals surface area contributed by atoms with E-state index in [0.29, 0.717) is 12.5 Å². The highest BCUT2D eigenvalue weighted by Gasteiger charge is 2.41. The maximum absolute atomic E-state index is 6.51. The smallest absolute Gasteiger partial charge is 0.129 e. The molecule has 5 N–H and O–H groups in total. The van der Waals surface area contributed by atoms with E-state index in [1.807, 2.05) is 0 Å². The number of fused-ring (bicyclic) bond motifs is 6. The summed E-state index contributed by atoms with van der Waals surface area (Å²) in [6, 6.07) is 0. The molecule has 0 aromatic heterocycles. The highest BCUT2D eigenvalue weighted by atomic mass is 35.5. The zero-order valence-corrected chi connectivity index (χ0v) is 16.5. The summed E-state index contributed by atoms with van der Waals surface area (Å²) >= 11 is 6.51. The zero-order valence-electron chi connectivity index (χ0n) is 15.7. The van der Waals surface area contributed by atoms with E-state index < -0.39 is 0 Å². The fourth-order valence-electron chi connectivity index (χ4n) is 4.48. The standard InChI is InChI=1S/C17H33ClN6O2/c1-10-4-6-25-17-11(8-21-24(17)2)16-19-5-3-14(23-16)22-15-7-13(26-10)12(18)9-20-15/h10-17,19-23H,3-9H2,1-2H3/t10-,11?,12?,13?,14?,15?,16?,17?/m0/s1. The van der Waals surface area contributed by atoms with Crippen LogP contribution in [0.4, 0.5) is 0 Å². The van der Waals surface area contributed by atoms with Gasteiger partial charge in [0.15, 0.2) is 0 Å². The van der Waals surface area contributed by atoms with Gasteiger partial charge in [-0.2, -0.15) is 0 Å². The van der Waals surface area contributed by atoms with Gasteiger partial charge in [0.2, 0.25) is 0 Å². The van der Waals surface area contributed by atoms with Gasteiger partial charge in [-0.05, 0) is 26.3 Å². The van der Waals surface area contributed by atoms with Crippen molar-refractivity contribution >= 4 is 11.6 Å². The average Bonchev–Trinajstić information content (AvgIpc) is 2.98. The number of hydrogen-bond acceptors (Lipinski definition) is 8. The Morgan fingerprint density at radius 1 is 1.08 bits per heavy atom. The Hall–Kier alpha value is -0.0300. The van der Waals surface area contributed by atoms with Crippen molar-refractivity contribution in [2.75, 3.05) is 33.3 Å². The van der Waals surface area contributed by atoms with Crippen molar-refractivity contribution in [1.29, 1.82) is 0 Å². The first-order chi connectivity index (χ1) is 12.6. The van der Waals surface area contributed by atoms with Crippen LogP contribution >= 0.6 is 11.6 Å². The Morgan fingerprint density at radius 3 is 2.85 bits per heavy atom. The van der Waals surface area contributed by atoms with Crippen molar-refractivity contribution < 1.29 is 9.47 Å². The van der Waals surface area contributed by atoms with Crippen LogP contribution in [0.5, 0.6) is 0 Å². The van der Waals surface area contributed by atoms with Crippen LogP contribution in [0.1, 0.15) is 26.2 Å². The summed E-state index contributed by atoms with van der Waals surface area (Å²) in [7, 11) is 2.05. The molecule has 4 rings (SSSR count). The van der Waals surface area contributed by atoms with Crippen LogP contribution in [-0.4, -0.2) is 80.6 Å². The summed E-state index contributed by atoms with van der Waals surface area (Å²) in [6.07, 6.45) is 3.75. The molecule has 8 nitrogen and oxygen atoms in total. The van der Waals surface area contributed by atoms with Gasteiger partial charge in [-0.25, -0.2) is 5.01 Å². The van der Waals surface area contributed by atoms with Gasteiger partial charge in [-0.1, -0.05) is 0 Å². The predicted molar refractivity (Wildman–Crippen MR) is 100 cm³/mol. The van der Waals surface area contributed by atoms with E-state index in [1.165, 1.54) is 0 Å². The maximum Gasteiger partial charge on any atom is 0.129 e. The van der Waals surface area contributed by atoms with Crippen molar-refractivity contribution in [3.05, 3.63) is 0 Å². The largest absolute Gasteiger partial charge is 0.373 e. The fourth-order valence-corrected chi connectivity index (χ4v) is 4.73. The summed E-state index contributed by atoms with van der Waals surface area (Å²) in [6.45, 7) is 5.46. The normalized spacial score (nSPS) is 48.6. The molecular weight excluding hydrogens is 356 g/mol. The topological polar surface area (TPSA) is 81.9 Å². The van der Waals surface area contributed by atoms with E-state index in [9.17, 15) is 0 Å². The van der Waals surface area contributed by atoms with Gasteiger partial charge in [0, 0.05) is 32.5 Å². The van der Waals surface area contributed by atoms with Crippen LogP contribution in [0.3, 0.4) is 0 Å². The van der Waals surface area contributed by atoms with E-state index in [1.54, 1.807) is 0 Å². The summed E-state index contributed by atoms with van der Waals surface area (Å²) in [4.78, 5) is 0. The molecule has 0 aromatic carbocycles. The van der Waals surface area contributed by atoms with Gasteiger partial charge in [0.25, 0.3) is 0 Å². The fraction of sp³-hybridized carbons (Fsp3) is 1.00. The average molecular weight is 389 g/mol. The number of halogens is 1. The number of piperidine rings is 1. The van der Waals surface area contributed by atoms with E-state index in [-0.39, 0.29) is 42.3 Å². The monoisotopic (exact) mass is 388 g/mol. The molecule has 0 aliphatic carbocycles. The first kappa shape index (κ1) is 19.3. The minimum Gasteiger partial charge on any atom is -0.373 e. The third kappa shape index (κ3) is 4.34. The van der Waals surface area contributed by atoms with E-state index in [0.717, 1.165) is 38.9 Å². The first-order valence-electron chi connectivity index (χ1n) is 9.96. The third-order valence-corrected chi connectivity index (χ3v) is 6.42. The van der Waals surface area contributed by atoms with Crippen LogP contribution in [0.15, 0.2) is 0 Å². The number of rotatable bonds is 0. The Bertz CT molecular complexity index is 475. The molecule has 9 heteroatoms. The SMILES string of the molecule is C[C@H]1CCOC2C(CNN2C)C2NCCC(NC3CC(O1)C(Cl)CN3)N2. The summed E-state index contributed by atoms with van der Waals surface area (Å²) in [5.74, 6) is 0.350. The molecule has 0 aromatic rings. The molecule has 4 fully saturated rings. The molecule has 4 aliphatic heterocycles. The van der Waals surface area contributed by atoms with Crippen LogP contribution < -0.4 is 26.7 Å². The Morgan fingerprint density at radius 2 is 1.96 bits per heavy atom. The molecule has 0 radical (unpaired) electrons. The van der Waals surface area contributed by atoms with Crippen molar-refractivity contribution in [3.63, 3.8) is 0 Å². The Balaban J connectivity index is 1.49. The number of alkyl halides is 1. The number of nitrogens with one attached hydrogen (secondary N) is 5. The van der Waals surface area contributed by atoms with Gasteiger partial charge < -0.3 is 20.1 Å². The second kappa shape index (κ2) is 8.55. The quantitative estimate of drug-likeness (QED) is 0.349. The first-order valence-corrected chi connectivity index (χ1v) is 10.4. The lowest BCUT2D eigenvalue weighted by Crippen LogP contribution is -2.67. The van der Waals surface area contributed by atoms with E-state index in [2.05, 4.69) is 45.7 Å². The molecule has 4 bridgehead atoms. The molecule has 150 valence electrons.